The summed E-state index contributed by atoms with van der Waals surface area (Å²) in [6.45, 7) is 4.21. The van der Waals surface area contributed by atoms with Crippen LogP contribution in [0.3, 0.4) is 0 Å². The molecule has 0 heterocycles. The summed E-state index contributed by atoms with van der Waals surface area (Å²) in [7, 11) is 0. The second-order valence-electron chi connectivity index (χ2n) is 3.74. The number of hydrogen-bond donors (Lipinski definition) is 0. The minimum Gasteiger partial charge on any atom is -1.00 e. The molecular formula is C14H13Cl2I. The fraction of sp³-hybridized carbons (Fsp3) is 0.143. The van der Waals surface area contributed by atoms with E-state index < -0.39 is 0 Å². The molecule has 0 fully saturated rings. The second-order valence-corrected chi connectivity index (χ2v) is 7.10. The van der Waals surface area contributed by atoms with Crippen LogP contribution in [0.4, 0.5) is 0 Å². The Morgan fingerprint density at radius 2 is 1.59 bits per heavy atom. The third kappa shape index (κ3) is 3.87. The lowest BCUT2D eigenvalue weighted by Gasteiger charge is -1.99. The van der Waals surface area contributed by atoms with Crippen molar-refractivity contribution in [1.29, 1.82) is 0 Å². The summed E-state index contributed by atoms with van der Waals surface area (Å²) in [6.07, 6.45) is 0. The largest absolute Gasteiger partial charge is 1.00 e. The molecule has 0 atom stereocenters. The summed E-state index contributed by atoms with van der Waals surface area (Å²) in [5.41, 5.74) is 2.49. The molecular weight excluding hydrogens is 366 g/mol. The van der Waals surface area contributed by atoms with Crippen LogP contribution in [0.25, 0.3) is 0 Å². The maximum absolute atomic E-state index is 6.10. The Balaban J connectivity index is 0.00000144. The van der Waals surface area contributed by atoms with Crippen molar-refractivity contribution in [2.24, 2.45) is 0 Å². The highest BCUT2D eigenvalue weighted by Crippen LogP contribution is 2.15. The zero-order chi connectivity index (χ0) is 11.5. The van der Waals surface area contributed by atoms with E-state index in [0.29, 0.717) is 0 Å². The number of aryl methyl sites for hydroxylation is 2. The normalized spacial score (nSPS) is 9.82. The molecule has 2 rings (SSSR count). The SMILES string of the molecule is Cc1cc([I+]c2ccccc2)c(C)cc1Cl.[Cl-]. The van der Waals surface area contributed by atoms with Gasteiger partial charge in [-0.15, -0.1) is 0 Å². The Morgan fingerprint density at radius 1 is 0.941 bits per heavy atom. The van der Waals surface area contributed by atoms with Crippen LogP contribution in [0.5, 0.6) is 0 Å². The highest BCUT2D eigenvalue weighted by molar-refractivity contribution is 6.31. The monoisotopic (exact) mass is 378 g/mol. The first kappa shape index (κ1) is 14.8. The van der Waals surface area contributed by atoms with E-state index in [1.807, 2.05) is 0 Å². The molecule has 0 aliphatic carbocycles. The standard InChI is InChI=1S/C14H13ClI.ClH/c1-10-9-14(11(2)8-13(10)15)16-12-6-4-3-5-7-12;/h3-9H,1-2H3;1H/q+1;/p-1. The Kier molecular flexibility index (Phi) is 5.77. The fourth-order valence-electron chi connectivity index (χ4n) is 1.44. The first-order valence-corrected chi connectivity index (χ1v) is 7.67. The lowest BCUT2D eigenvalue weighted by Crippen LogP contribution is -3.61. The predicted molar refractivity (Wildman–Crippen MR) is 64.8 cm³/mol. The van der Waals surface area contributed by atoms with Gasteiger partial charge in [-0.1, -0.05) is 29.8 Å². The summed E-state index contributed by atoms with van der Waals surface area (Å²) in [5, 5.41) is 0.873. The van der Waals surface area contributed by atoms with Crippen LogP contribution in [-0.4, -0.2) is 0 Å². The Labute approximate surface area is 124 Å². The first-order valence-electron chi connectivity index (χ1n) is 5.13. The molecule has 0 saturated carbocycles. The first-order chi connectivity index (χ1) is 7.66. The van der Waals surface area contributed by atoms with Crippen LogP contribution in [-0.2, 0) is 0 Å². The molecule has 0 spiro atoms. The zero-order valence-corrected chi connectivity index (χ0v) is 13.3. The van der Waals surface area contributed by atoms with Crippen LogP contribution in [0, 0.1) is 21.0 Å². The van der Waals surface area contributed by atoms with E-state index in [-0.39, 0.29) is 33.6 Å². The van der Waals surface area contributed by atoms with E-state index in [0.717, 1.165) is 5.02 Å². The molecule has 0 saturated heterocycles. The van der Waals surface area contributed by atoms with Crippen molar-refractivity contribution < 1.29 is 33.6 Å². The van der Waals surface area contributed by atoms with Gasteiger partial charge in [-0.3, -0.25) is 0 Å². The fourth-order valence-corrected chi connectivity index (χ4v) is 4.31. The van der Waals surface area contributed by atoms with E-state index in [1.165, 1.54) is 18.3 Å². The molecule has 0 nitrogen and oxygen atoms in total. The van der Waals surface area contributed by atoms with E-state index in [4.69, 9.17) is 11.6 Å². The van der Waals surface area contributed by atoms with Crippen molar-refractivity contribution >= 4 is 11.6 Å². The minimum absolute atomic E-state index is 0. The van der Waals surface area contributed by atoms with Gasteiger partial charge < -0.3 is 12.4 Å². The summed E-state index contributed by atoms with van der Waals surface area (Å²) in [4.78, 5) is 0. The van der Waals surface area contributed by atoms with Crippen LogP contribution in [0.1, 0.15) is 11.1 Å². The lowest BCUT2D eigenvalue weighted by atomic mass is 10.2. The molecule has 0 aromatic heterocycles. The molecule has 0 bridgehead atoms. The molecule has 17 heavy (non-hydrogen) atoms. The highest BCUT2D eigenvalue weighted by atomic mass is 127. The highest BCUT2D eigenvalue weighted by Gasteiger charge is 2.18. The van der Waals surface area contributed by atoms with E-state index >= 15 is 0 Å². The molecule has 90 valence electrons. The van der Waals surface area contributed by atoms with Crippen molar-refractivity contribution in [2.45, 2.75) is 13.8 Å². The molecule has 0 N–H and O–H groups in total. The average Bonchev–Trinajstić information content (AvgIpc) is 2.27. The smallest absolute Gasteiger partial charge is 0.358 e. The molecule has 0 aliphatic rings. The Hall–Kier alpha value is -0.250. The predicted octanol–water partition coefficient (Wildman–Crippen LogP) is -1.91. The van der Waals surface area contributed by atoms with Crippen molar-refractivity contribution in [3.63, 3.8) is 0 Å². The van der Waals surface area contributed by atoms with Gasteiger partial charge in [0.25, 0.3) is 0 Å². The van der Waals surface area contributed by atoms with Gasteiger partial charge in [-0.05, 0) is 43.7 Å². The van der Waals surface area contributed by atoms with Gasteiger partial charge in [0.1, 0.15) is 0 Å². The molecule has 2 aromatic carbocycles. The summed E-state index contributed by atoms with van der Waals surface area (Å²) in [6, 6.07) is 15.0. The van der Waals surface area contributed by atoms with Crippen LogP contribution < -0.4 is 33.6 Å². The van der Waals surface area contributed by atoms with Crippen LogP contribution in [0.2, 0.25) is 5.02 Å². The lowest BCUT2D eigenvalue weighted by molar-refractivity contribution is -0.598. The minimum atomic E-state index is -0.0812. The molecule has 3 heteroatoms. The average molecular weight is 379 g/mol. The van der Waals surface area contributed by atoms with Gasteiger partial charge in [-0.2, -0.15) is 0 Å². The van der Waals surface area contributed by atoms with Gasteiger partial charge in [0.15, 0.2) is 7.14 Å². The number of hydrogen-bond acceptors (Lipinski definition) is 0. The summed E-state index contributed by atoms with van der Waals surface area (Å²) < 4.78 is 2.91. The molecule has 0 unspecified atom stereocenters. The van der Waals surface area contributed by atoms with Crippen LogP contribution >= 0.6 is 11.6 Å². The van der Waals surface area contributed by atoms with E-state index in [2.05, 4.69) is 56.3 Å². The van der Waals surface area contributed by atoms with Crippen molar-refractivity contribution in [3.8, 4) is 0 Å². The molecule has 0 radical (unpaired) electrons. The van der Waals surface area contributed by atoms with Gasteiger partial charge in [-0.25, -0.2) is 0 Å². The van der Waals surface area contributed by atoms with Crippen molar-refractivity contribution in [3.05, 3.63) is 65.8 Å². The van der Waals surface area contributed by atoms with Gasteiger partial charge in [0.2, 0.25) is 0 Å². The maximum Gasteiger partial charge on any atom is 0.358 e. The van der Waals surface area contributed by atoms with E-state index in [1.54, 1.807) is 0 Å². The number of rotatable bonds is 2. The molecule has 0 amide bonds. The van der Waals surface area contributed by atoms with Crippen LogP contribution in [0.15, 0.2) is 42.5 Å². The third-order valence-corrected chi connectivity index (χ3v) is 5.88. The van der Waals surface area contributed by atoms with Gasteiger partial charge in [0.05, 0.1) is 0 Å². The topological polar surface area (TPSA) is 0 Å². The van der Waals surface area contributed by atoms with Crippen molar-refractivity contribution in [1.82, 2.24) is 0 Å². The zero-order valence-electron chi connectivity index (χ0n) is 9.68. The Bertz CT molecular complexity index is 495. The van der Waals surface area contributed by atoms with E-state index in [9.17, 15) is 0 Å². The molecule has 2 aromatic rings. The summed E-state index contributed by atoms with van der Waals surface area (Å²) in [5.74, 6) is 0. The molecule has 0 aliphatic heterocycles. The third-order valence-electron chi connectivity index (χ3n) is 2.38. The Morgan fingerprint density at radius 3 is 2.24 bits per heavy atom. The maximum atomic E-state index is 6.10. The number of halogens is 3. The van der Waals surface area contributed by atoms with Crippen molar-refractivity contribution in [2.75, 3.05) is 0 Å². The van der Waals surface area contributed by atoms with Gasteiger partial charge >= 0.3 is 21.2 Å². The summed E-state index contributed by atoms with van der Waals surface area (Å²) >= 11 is 6.02. The quantitative estimate of drug-likeness (QED) is 0.535. The number of benzene rings is 2. The van der Waals surface area contributed by atoms with Gasteiger partial charge in [0, 0.05) is 10.6 Å². The second kappa shape index (κ2) is 6.62.